The van der Waals surface area contributed by atoms with E-state index in [0.29, 0.717) is 0 Å². The Hall–Kier alpha value is -0.570. The summed E-state index contributed by atoms with van der Waals surface area (Å²) in [5.41, 5.74) is -0.421. The van der Waals surface area contributed by atoms with Crippen molar-refractivity contribution in [1.29, 1.82) is 0 Å². The normalized spacial score (nSPS) is 28.6. The van der Waals surface area contributed by atoms with Crippen LogP contribution in [0.5, 0.6) is 0 Å². The van der Waals surface area contributed by atoms with Gasteiger partial charge in [0.05, 0.1) is 11.5 Å². The van der Waals surface area contributed by atoms with Crippen molar-refractivity contribution in [2.45, 2.75) is 58.7 Å². The van der Waals surface area contributed by atoms with E-state index < -0.39 is 5.41 Å². The maximum atomic E-state index is 11.5. The highest BCUT2D eigenvalue weighted by Crippen LogP contribution is 2.24. The van der Waals surface area contributed by atoms with Crippen LogP contribution in [-0.2, 0) is 9.53 Å². The molecule has 1 fully saturated rings. The maximum Gasteiger partial charge on any atom is 0.311 e. The van der Waals surface area contributed by atoms with Crippen molar-refractivity contribution in [3.05, 3.63) is 0 Å². The smallest absolute Gasteiger partial charge is 0.311 e. The molecular weight excluding hydrogens is 180 g/mol. The molecule has 0 aliphatic heterocycles. The Kier molecular flexibility index (Phi) is 3.53. The van der Waals surface area contributed by atoms with Crippen molar-refractivity contribution < 1.29 is 14.6 Å². The molecular formula is C11H20O3. The van der Waals surface area contributed by atoms with Crippen LogP contribution in [0, 0.1) is 5.41 Å². The van der Waals surface area contributed by atoms with E-state index in [0.717, 1.165) is 25.7 Å². The molecule has 1 N–H and O–H groups in total. The van der Waals surface area contributed by atoms with Gasteiger partial charge in [-0.2, -0.15) is 0 Å². The second-order valence-electron chi connectivity index (χ2n) is 5.09. The van der Waals surface area contributed by atoms with Gasteiger partial charge in [0, 0.05) is 0 Å². The summed E-state index contributed by atoms with van der Waals surface area (Å²) in [6.07, 6.45) is 2.92. The van der Waals surface area contributed by atoms with Gasteiger partial charge in [0.25, 0.3) is 0 Å². The van der Waals surface area contributed by atoms with Crippen LogP contribution < -0.4 is 0 Å². The first-order valence-electron chi connectivity index (χ1n) is 5.29. The Bertz CT molecular complexity index is 197. The van der Waals surface area contributed by atoms with Crippen molar-refractivity contribution in [3.8, 4) is 0 Å². The highest BCUT2D eigenvalue weighted by molar-refractivity contribution is 5.75. The lowest BCUT2D eigenvalue weighted by Crippen LogP contribution is -2.31. The van der Waals surface area contributed by atoms with Gasteiger partial charge in [0.15, 0.2) is 0 Å². The van der Waals surface area contributed by atoms with E-state index in [1.54, 1.807) is 0 Å². The summed E-state index contributed by atoms with van der Waals surface area (Å²) < 4.78 is 5.35. The van der Waals surface area contributed by atoms with E-state index in [-0.39, 0.29) is 18.2 Å². The minimum absolute atomic E-state index is 0.0186. The molecule has 82 valence electrons. The molecule has 0 spiro atoms. The third kappa shape index (κ3) is 3.29. The monoisotopic (exact) mass is 200 g/mol. The number of aliphatic hydroxyl groups excluding tert-OH is 1. The van der Waals surface area contributed by atoms with Crippen molar-refractivity contribution >= 4 is 5.97 Å². The molecule has 1 rings (SSSR count). The summed E-state index contributed by atoms with van der Waals surface area (Å²) in [4.78, 5) is 11.5. The molecule has 0 heterocycles. The Balaban J connectivity index is 2.35. The lowest BCUT2D eigenvalue weighted by molar-refractivity contribution is -0.161. The van der Waals surface area contributed by atoms with Gasteiger partial charge in [-0.1, -0.05) is 0 Å². The van der Waals surface area contributed by atoms with Gasteiger partial charge in [0.2, 0.25) is 0 Å². The van der Waals surface area contributed by atoms with Crippen molar-refractivity contribution in [1.82, 2.24) is 0 Å². The Morgan fingerprint density at radius 1 is 1.21 bits per heavy atom. The molecule has 1 aliphatic carbocycles. The van der Waals surface area contributed by atoms with Gasteiger partial charge in [-0.05, 0) is 46.5 Å². The fourth-order valence-electron chi connectivity index (χ4n) is 1.49. The molecule has 0 aromatic carbocycles. The number of rotatable bonds is 1. The lowest BCUT2D eigenvalue weighted by Gasteiger charge is -2.28. The van der Waals surface area contributed by atoms with Crippen LogP contribution in [-0.4, -0.2) is 23.3 Å². The zero-order chi connectivity index (χ0) is 10.8. The van der Waals surface area contributed by atoms with E-state index >= 15 is 0 Å². The third-order valence-electron chi connectivity index (χ3n) is 2.53. The van der Waals surface area contributed by atoms with Crippen LogP contribution in [0.2, 0.25) is 0 Å². The van der Waals surface area contributed by atoms with Crippen LogP contribution in [0.1, 0.15) is 46.5 Å². The van der Waals surface area contributed by atoms with Crippen LogP contribution in [0.25, 0.3) is 0 Å². The van der Waals surface area contributed by atoms with Crippen LogP contribution in [0.4, 0.5) is 0 Å². The number of hydrogen-bond acceptors (Lipinski definition) is 3. The summed E-state index contributed by atoms with van der Waals surface area (Å²) >= 11 is 0. The largest absolute Gasteiger partial charge is 0.462 e. The molecule has 0 radical (unpaired) electrons. The predicted octanol–water partition coefficient (Wildman–Crippen LogP) is 1.88. The van der Waals surface area contributed by atoms with Crippen molar-refractivity contribution in [2.75, 3.05) is 0 Å². The zero-order valence-electron chi connectivity index (χ0n) is 9.25. The fourth-order valence-corrected chi connectivity index (χ4v) is 1.49. The van der Waals surface area contributed by atoms with E-state index in [2.05, 4.69) is 0 Å². The zero-order valence-corrected chi connectivity index (χ0v) is 9.25. The molecule has 14 heavy (non-hydrogen) atoms. The number of esters is 1. The Labute approximate surface area is 85.5 Å². The van der Waals surface area contributed by atoms with Gasteiger partial charge in [0.1, 0.15) is 6.10 Å². The SMILES string of the molecule is CC(C)(C)C(=O)OC1CCC(O)CC1. The molecule has 3 heteroatoms. The summed E-state index contributed by atoms with van der Waals surface area (Å²) in [6, 6.07) is 0. The molecule has 0 aromatic heterocycles. The second kappa shape index (κ2) is 4.30. The molecule has 0 amide bonds. The first kappa shape index (κ1) is 11.5. The van der Waals surface area contributed by atoms with E-state index in [1.165, 1.54) is 0 Å². The number of carbonyl (C=O) groups is 1. The third-order valence-corrected chi connectivity index (χ3v) is 2.53. The van der Waals surface area contributed by atoms with Gasteiger partial charge in [-0.25, -0.2) is 0 Å². The quantitative estimate of drug-likeness (QED) is 0.657. The first-order valence-corrected chi connectivity index (χ1v) is 5.29. The second-order valence-corrected chi connectivity index (χ2v) is 5.09. The van der Waals surface area contributed by atoms with E-state index in [4.69, 9.17) is 4.74 Å². The molecule has 3 nitrogen and oxygen atoms in total. The number of hydrogen-bond donors (Lipinski definition) is 1. The number of aliphatic hydroxyl groups is 1. The molecule has 0 atom stereocenters. The van der Waals surface area contributed by atoms with Crippen LogP contribution in [0.15, 0.2) is 0 Å². The Morgan fingerprint density at radius 2 is 1.71 bits per heavy atom. The molecule has 0 bridgehead atoms. The summed E-state index contributed by atoms with van der Waals surface area (Å²) in [6.45, 7) is 5.56. The average molecular weight is 200 g/mol. The molecule has 0 aromatic rings. The highest BCUT2D eigenvalue weighted by atomic mass is 16.5. The predicted molar refractivity (Wildman–Crippen MR) is 53.8 cm³/mol. The average Bonchev–Trinajstić information content (AvgIpc) is 2.07. The lowest BCUT2D eigenvalue weighted by atomic mass is 9.93. The molecule has 0 saturated heterocycles. The standard InChI is InChI=1S/C11H20O3/c1-11(2,3)10(13)14-9-6-4-8(12)5-7-9/h8-9,12H,4-7H2,1-3H3. The first-order chi connectivity index (χ1) is 6.39. The van der Waals surface area contributed by atoms with Gasteiger partial charge < -0.3 is 9.84 Å². The topological polar surface area (TPSA) is 46.5 Å². The minimum atomic E-state index is -0.421. The minimum Gasteiger partial charge on any atom is -0.462 e. The van der Waals surface area contributed by atoms with Crippen molar-refractivity contribution in [3.63, 3.8) is 0 Å². The fraction of sp³-hybridized carbons (Fsp3) is 0.909. The van der Waals surface area contributed by atoms with E-state index in [1.807, 2.05) is 20.8 Å². The number of carbonyl (C=O) groups excluding carboxylic acids is 1. The molecule has 1 saturated carbocycles. The van der Waals surface area contributed by atoms with E-state index in [9.17, 15) is 9.90 Å². The summed E-state index contributed by atoms with van der Waals surface area (Å²) in [7, 11) is 0. The number of ether oxygens (including phenoxy) is 1. The highest BCUT2D eigenvalue weighted by Gasteiger charge is 2.28. The summed E-state index contributed by atoms with van der Waals surface area (Å²) in [5, 5.41) is 9.28. The van der Waals surface area contributed by atoms with Gasteiger partial charge in [-0.15, -0.1) is 0 Å². The maximum absolute atomic E-state index is 11.5. The Morgan fingerprint density at radius 3 is 2.14 bits per heavy atom. The summed E-state index contributed by atoms with van der Waals surface area (Å²) in [5.74, 6) is -0.140. The van der Waals surface area contributed by atoms with Crippen LogP contribution >= 0.6 is 0 Å². The molecule has 1 aliphatic rings. The van der Waals surface area contributed by atoms with Gasteiger partial charge >= 0.3 is 5.97 Å². The van der Waals surface area contributed by atoms with Crippen molar-refractivity contribution in [2.24, 2.45) is 5.41 Å². The van der Waals surface area contributed by atoms with Crippen LogP contribution in [0.3, 0.4) is 0 Å². The van der Waals surface area contributed by atoms with Gasteiger partial charge in [-0.3, -0.25) is 4.79 Å². The molecule has 0 unspecified atom stereocenters.